The Balaban J connectivity index is 1.37. The van der Waals surface area contributed by atoms with Gasteiger partial charge in [-0.15, -0.1) is 0 Å². The molecule has 2 aliphatic rings. The van der Waals surface area contributed by atoms with Crippen LogP contribution in [0, 0.1) is 0 Å². The van der Waals surface area contributed by atoms with Crippen molar-refractivity contribution in [2.75, 3.05) is 26.2 Å². The quantitative estimate of drug-likeness (QED) is 0.677. The van der Waals surface area contributed by atoms with E-state index in [4.69, 9.17) is 23.2 Å². The van der Waals surface area contributed by atoms with Crippen LogP contribution < -0.4 is 0 Å². The van der Waals surface area contributed by atoms with Crippen LogP contribution in [0.5, 0.6) is 0 Å². The van der Waals surface area contributed by atoms with Crippen LogP contribution in [0.2, 0.25) is 10.0 Å². The molecule has 156 valence electrons. The Morgan fingerprint density at radius 2 is 1.57 bits per heavy atom. The van der Waals surface area contributed by atoms with E-state index in [1.807, 2.05) is 12.1 Å². The van der Waals surface area contributed by atoms with Gasteiger partial charge in [-0.2, -0.15) is 0 Å². The smallest absolute Gasteiger partial charge is 0.262 e. The fourth-order valence-electron chi connectivity index (χ4n) is 3.95. The lowest BCUT2D eigenvalue weighted by molar-refractivity contribution is -0.136. The summed E-state index contributed by atoms with van der Waals surface area (Å²) in [5.41, 5.74) is 1.69. The maximum absolute atomic E-state index is 13.0. The van der Waals surface area contributed by atoms with Gasteiger partial charge in [0.1, 0.15) is 6.04 Å². The van der Waals surface area contributed by atoms with E-state index in [0.717, 1.165) is 10.5 Å². The van der Waals surface area contributed by atoms with Crippen LogP contribution in [0.1, 0.15) is 33.2 Å². The van der Waals surface area contributed by atoms with Crippen molar-refractivity contribution in [2.45, 2.75) is 19.5 Å². The van der Waals surface area contributed by atoms with Crippen molar-refractivity contribution in [3.8, 4) is 0 Å². The molecule has 8 heteroatoms. The lowest BCUT2D eigenvalue weighted by atomic mass is 10.1. The molecular formula is C22H21Cl2N3O3. The molecule has 2 heterocycles. The molecule has 0 N–H and O–H groups in total. The molecule has 0 bridgehead atoms. The van der Waals surface area contributed by atoms with Crippen molar-refractivity contribution in [3.63, 3.8) is 0 Å². The number of carbonyl (C=O) groups is 3. The summed E-state index contributed by atoms with van der Waals surface area (Å²) < 4.78 is 0. The molecule has 0 spiro atoms. The number of amides is 3. The molecule has 30 heavy (non-hydrogen) atoms. The first-order chi connectivity index (χ1) is 14.4. The molecule has 0 aromatic heterocycles. The Bertz CT molecular complexity index is 983. The van der Waals surface area contributed by atoms with Gasteiger partial charge in [-0.25, -0.2) is 0 Å². The molecule has 0 radical (unpaired) electrons. The summed E-state index contributed by atoms with van der Waals surface area (Å²) >= 11 is 12.2. The maximum atomic E-state index is 13.0. The Hall–Kier alpha value is -2.41. The third kappa shape index (κ3) is 3.83. The summed E-state index contributed by atoms with van der Waals surface area (Å²) in [4.78, 5) is 43.3. The van der Waals surface area contributed by atoms with E-state index in [1.54, 1.807) is 42.2 Å². The lowest BCUT2D eigenvalue weighted by Gasteiger charge is -2.37. The second-order valence-corrected chi connectivity index (χ2v) is 8.38. The molecule has 0 aliphatic carbocycles. The topological polar surface area (TPSA) is 60.9 Å². The molecule has 1 saturated heterocycles. The molecule has 1 fully saturated rings. The molecule has 1 atom stereocenters. The molecule has 2 aliphatic heterocycles. The number of imide groups is 1. The highest BCUT2D eigenvalue weighted by molar-refractivity contribution is 6.35. The van der Waals surface area contributed by atoms with Crippen molar-refractivity contribution >= 4 is 40.9 Å². The number of rotatable bonds is 4. The van der Waals surface area contributed by atoms with Crippen LogP contribution >= 0.6 is 23.2 Å². The van der Waals surface area contributed by atoms with Gasteiger partial charge in [0, 0.05) is 42.8 Å². The SMILES string of the molecule is C[C@H](C(=O)N1CCN(Cc2ccc(Cl)cc2Cl)CC1)N1C(=O)c2ccccc2C1=O. The average Bonchev–Trinajstić information content (AvgIpc) is 3.00. The molecule has 6 nitrogen and oxygen atoms in total. The number of halogens is 2. The van der Waals surface area contributed by atoms with Gasteiger partial charge in [-0.1, -0.05) is 41.4 Å². The van der Waals surface area contributed by atoms with Gasteiger partial charge in [0.25, 0.3) is 11.8 Å². The van der Waals surface area contributed by atoms with E-state index in [-0.39, 0.29) is 5.91 Å². The summed E-state index contributed by atoms with van der Waals surface area (Å²) in [6, 6.07) is 11.3. The Kier molecular flexibility index (Phi) is 5.82. The van der Waals surface area contributed by atoms with Crippen LogP contribution in [-0.4, -0.2) is 64.6 Å². The van der Waals surface area contributed by atoms with E-state index in [1.165, 1.54) is 0 Å². The number of benzene rings is 2. The first-order valence-corrected chi connectivity index (χ1v) is 10.5. The third-order valence-electron chi connectivity index (χ3n) is 5.66. The second kappa shape index (κ2) is 8.38. The summed E-state index contributed by atoms with van der Waals surface area (Å²) in [7, 11) is 0. The highest BCUT2D eigenvalue weighted by atomic mass is 35.5. The Labute approximate surface area is 184 Å². The predicted molar refractivity (Wildman–Crippen MR) is 115 cm³/mol. The van der Waals surface area contributed by atoms with Crippen molar-refractivity contribution in [3.05, 3.63) is 69.2 Å². The molecule has 0 saturated carbocycles. The molecule has 4 rings (SSSR count). The first kappa shape index (κ1) is 20.8. The van der Waals surface area contributed by atoms with Gasteiger partial charge in [0.15, 0.2) is 0 Å². The fraction of sp³-hybridized carbons (Fsp3) is 0.318. The fourth-order valence-corrected chi connectivity index (χ4v) is 4.42. The van der Waals surface area contributed by atoms with E-state index in [2.05, 4.69) is 4.90 Å². The van der Waals surface area contributed by atoms with E-state index in [9.17, 15) is 14.4 Å². The highest BCUT2D eigenvalue weighted by Crippen LogP contribution is 2.26. The van der Waals surface area contributed by atoms with Crippen LogP contribution in [-0.2, 0) is 11.3 Å². The number of hydrogen-bond acceptors (Lipinski definition) is 4. The molecule has 3 amide bonds. The third-order valence-corrected chi connectivity index (χ3v) is 6.25. The summed E-state index contributed by atoms with van der Waals surface area (Å²) in [6.45, 7) is 4.70. The molecule has 0 unspecified atom stereocenters. The lowest BCUT2D eigenvalue weighted by Crippen LogP contribution is -2.55. The van der Waals surface area contributed by atoms with Crippen LogP contribution in [0.4, 0.5) is 0 Å². The van der Waals surface area contributed by atoms with E-state index in [0.29, 0.717) is 53.9 Å². The minimum atomic E-state index is -0.838. The standard InChI is InChI=1S/C22H21Cl2N3O3/c1-14(27-21(29)17-4-2-3-5-18(17)22(27)30)20(28)26-10-8-25(9-11-26)13-15-6-7-16(23)12-19(15)24/h2-7,12,14H,8-11,13H2,1H3/t14-/m1/s1. The minimum Gasteiger partial charge on any atom is -0.338 e. The van der Waals surface area contributed by atoms with Crippen molar-refractivity contribution in [1.82, 2.24) is 14.7 Å². The number of piperazine rings is 1. The summed E-state index contributed by atoms with van der Waals surface area (Å²) in [6.07, 6.45) is 0. The minimum absolute atomic E-state index is 0.214. The zero-order valence-electron chi connectivity index (χ0n) is 16.5. The summed E-state index contributed by atoms with van der Waals surface area (Å²) in [5.74, 6) is -1.03. The monoisotopic (exact) mass is 445 g/mol. The van der Waals surface area contributed by atoms with Crippen LogP contribution in [0.3, 0.4) is 0 Å². The molecule has 2 aromatic carbocycles. The van der Waals surface area contributed by atoms with E-state index < -0.39 is 17.9 Å². The normalized spacial score (nSPS) is 18.0. The van der Waals surface area contributed by atoms with Crippen molar-refractivity contribution < 1.29 is 14.4 Å². The van der Waals surface area contributed by atoms with Crippen molar-refractivity contribution in [1.29, 1.82) is 0 Å². The number of fused-ring (bicyclic) bond motifs is 1. The maximum Gasteiger partial charge on any atom is 0.262 e. The predicted octanol–water partition coefficient (Wildman–Crippen LogP) is 3.32. The van der Waals surface area contributed by atoms with Gasteiger partial charge in [0.05, 0.1) is 11.1 Å². The second-order valence-electron chi connectivity index (χ2n) is 7.54. The molecular weight excluding hydrogens is 425 g/mol. The van der Waals surface area contributed by atoms with Gasteiger partial charge >= 0.3 is 0 Å². The molecule has 2 aromatic rings. The highest BCUT2D eigenvalue weighted by Gasteiger charge is 2.42. The first-order valence-electron chi connectivity index (χ1n) is 9.79. The Morgan fingerprint density at radius 3 is 2.13 bits per heavy atom. The summed E-state index contributed by atoms with van der Waals surface area (Å²) in [5, 5.41) is 1.22. The van der Waals surface area contributed by atoms with Crippen LogP contribution in [0.25, 0.3) is 0 Å². The van der Waals surface area contributed by atoms with Gasteiger partial charge in [-0.3, -0.25) is 24.2 Å². The zero-order chi connectivity index (χ0) is 21.4. The van der Waals surface area contributed by atoms with Crippen molar-refractivity contribution in [2.24, 2.45) is 0 Å². The van der Waals surface area contributed by atoms with Gasteiger partial charge < -0.3 is 4.90 Å². The number of hydrogen-bond donors (Lipinski definition) is 0. The van der Waals surface area contributed by atoms with E-state index >= 15 is 0 Å². The van der Waals surface area contributed by atoms with Gasteiger partial charge in [-0.05, 0) is 36.8 Å². The average molecular weight is 446 g/mol. The Morgan fingerprint density at radius 1 is 0.967 bits per heavy atom. The largest absolute Gasteiger partial charge is 0.338 e. The zero-order valence-corrected chi connectivity index (χ0v) is 18.0. The van der Waals surface area contributed by atoms with Crippen LogP contribution in [0.15, 0.2) is 42.5 Å². The number of nitrogens with zero attached hydrogens (tertiary/aromatic N) is 3. The van der Waals surface area contributed by atoms with Gasteiger partial charge in [0.2, 0.25) is 5.91 Å². The number of carbonyl (C=O) groups excluding carboxylic acids is 3.